The number of benzene rings is 2. The summed E-state index contributed by atoms with van der Waals surface area (Å²) in [4.78, 5) is 27.4. The highest BCUT2D eigenvalue weighted by molar-refractivity contribution is 7.94. The molecule has 3 aromatic rings. The number of amides is 1. The molecule has 1 aromatic heterocycles. The molecule has 10 heteroatoms. The molecule has 0 fully saturated rings. The fourth-order valence-corrected chi connectivity index (χ4v) is 4.96. The lowest BCUT2D eigenvalue weighted by Gasteiger charge is -2.08. The van der Waals surface area contributed by atoms with Gasteiger partial charge in [-0.25, -0.2) is 9.87 Å². The number of hydrogen-bond acceptors (Lipinski definition) is 9. The number of rotatable bonds is 10. The largest absolute Gasteiger partial charge is 0.354 e. The van der Waals surface area contributed by atoms with E-state index in [1.54, 1.807) is 0 Å². The van der Waals surface area contributed by atoms with Gasteiger partial charge in [0.1, 0.15) is 0 Å². The van der Waals surface area contributed by atoms with Crippen molar-refractivity contribution in [2.24, 2.45) is 4.99 Å². The number of anilines is 2. The number of aryl methyl sites for hydroxylation is 2. The Bertz CT molecular complexity index is 1130. The normalized spacial score (nSPS) is 12.8. The summed E-state index contributed by atoms with van der Waals surface area (Å²) in [6.45, 7) is 3.19. The molecule has 0 aliphatic carbocycles. The SMILES string of the molecule is COOSc1ccc(Cc2sc(NC(C)=O)nc2CCc2ccc(NC3=NCCN3)cc2)cc1. The summed E-state index contributed by atoms with van der Waals surface area (Å²) < 4.78 is 4.91. The molecule has 1 amide bonds. The summed E-state index contributed by atoms with van der Waals surface area (Å²) in [6.07, 6.45) is 2.41. The lowest BCUT2D eigenvalue weighted by molar-refractivity contribution is -0.160. The monoisotopic (exact) mass is 497 g/mol. The van der Waals surface area contributed by atoms with Gasteiger partial charge in [-0.2, -0.15) is 4.33 Å². The van der Waals surface area contributed by atoms with Crippen LogP contribution in [0.25, 0.3) is 0 Å². The Hall–Kier alpha value is -2.92. The second-order valence-electron chi connectivity index (χ2n) is 7.69. The van der Waals surface area contributed by atoms with E-state index in [2.05, 4.69) is 62.2 Å². The molecule has 178 valence electrons. The molecule has 8 nitrogen and oxygen atoms in total. The summed E-state index contributed by atoms with van der Waals surface area (Å²) in [5.74, 6) is 0.707. The van der Waals surface area contributed by atoms with Crippen LogP contribution in [0.15, 0.2) is 58.4 Å². The third kappa shape index (κ3) is 7.04. The summed E-state index contributed by atoms with van der Waals surface area (Å²) in [5.41, 5.74) is 4.42. The second kappa shape index (κ2) is 12.0. The van der Waals surface area contributed by atoms with Crippen LogP contribution in [-0.4, -0.2) is 37.1 Å². The predicted molar refractivity (Wildman–Crippen MR) is 137 cm³/mol. The van der Waals surface area contributed by atoms with E-state index in [0.717, 1.165) is 59.5 Å². The number of hydrogen-bond donors (Lipinski definition) is 3. The van der Waals surface area contributed by atoms with Gasteiger partial charge < -0.3 is 16.0 Å². The zero-order valence-corrected chi connectivity index (χ0v) is 20.7. The minimum absolute atomic E-state index is 0.115. The van der Waals surface area contributed by atoms with Crippen molar-refractivity contribution in [2.45, 2.75) is 31.1 Å². The highest BCUT2D eigenvalue weighted by atomic mass is 32.2. The molecule has 0 bridgehead atoms. The molecule has 0 atom stereocenters. The Labute approximate surface area is 207 Å². The molecule has 2 aromatic carbocycles. The number of nitrogens with zero attached hydrogens (tertiary/aromatic N) is 2. The molecule has 4 rings (SSSR count). The summed E-state index contributed by atoms with van der Waals surface area (Å²) in [5, 5.41) is 9.97. The number of carbonyl (C=O) groups is 1. The summed E-state index contributed by atoms with van der Waals surface area (Å²) in [7, 11) is 1.48. The van der Waals surface area contributed by atoms with Crippen molar-refractivity contribution in [2.75, 3.05) is 30.8 Å². The summed E-state index contributed by atoms with van der Waals surface area (Å²) >= 11 is 2.70. The second-order valence-corrected chi connectivity index (χ2v) is 9.55. The molecule has 0 unspecified atom stereocenters. The molecule has 1 aliphatic rings. The Balaban J connectivity index is 1.41. The van der Waals surface area contributed by atoms with Gasteiger partial charge in [-0.3, -0.25) is 9.79 Å². The van der Waals surface area contributed by atoms with Crippen molar-refractivity contribution in [3.05, 3.63) is 70.2 Å². The number of aromatic nitrogens is 1. The molecule has 0 saturated carbocycles. The smallest absolute Gasteiger partial charge is 0.223 e. The van der Waals surface area contributed by atoms with E-state index in [0.29, 0.717) is 5.13 Å². The minimum atomic E-state index is -0.115. The quantitative estimate of drug-likeness (QED) is 0.217. The lowest BCUT2D eigenvalue weighted by atomic mass is 10.0. The van der Waals surface area contributed by atoms with E-state index in [-0.39, 0.29) is 5.91 Å². The average Bonchev–Trinajstić information content (AvgIpc) is 3.47. The van der Waals surface area contributed by atoms with Gasteiger partial charge in [-0.1, -0.05) is 24.3 Å². The Kier molecular flexibility index (Phi) is 8.53. The van der Waals surface area contributed by atoms with E-state index in [4.69, 9.17) is 9.32 Å². The first-order valence-corrected chi connectivity index (χ1v) is 12.5. The van der Waals surface area contributed by atoms with Crippen LogP contribution in [0.1, 0.15) is 28.6 Å². The first-order valence-electron chi connectivity index (χ1n) is 11.0. The van der Waals surface area contributed by atoms with Crippen LogP contribution in [0, 0.1) is 0 Å². The van der Waals surface area contributed by atoms with Gasteiger partial charge in [-0.05, 0) is 48.2 Å². The predicted octanol–water partition coefficient (Wildman–Crippen LogP) is 4.43. The molecule has 34 heavy (non-hydrogen) atoms. The molecular formula is C24H27N5O3S2. The number of nitrogens with one attached hydrogen (secondary N) is 3. The number of aliphatic imine (C=N–C) groups is 1. The maximum atomic E-state index is 11.6. The third-order valence-electron chi connectivity index (χ3n) is 5.09. The first-order chi connectivity index (χ1) is 16.6. The zero-order valence-electron chi connectivity index (χ0n) is 19.1. The molecule has 1 aliphatic heterocycles. The molecular weight excluding hydrogens is 470 g/mol. The highest BCUT2D eigenvalue weighted by Crippen LogP contribution is 2.28. The average molecular weight is 498 g/mol. The topological polar surface area (TPSA) is 96.9 Å². The van der Waals surface area contributed by atoms with Crippen molar-refractivity contribution in [3.8, 4) is 0 Å². The van der Waals surface area contributed by atoms with Crippen LogP contribution in [0.2, 0.25) is 0 Å². The zero-order chi connectivity index (χ0) is 23.8. The van der Waals surface area contributed by atoms with E-state index < -0.39 is 0 Å². The van der Waals surface area contributed by atoms with Crippen molar-refractivity contribution in [3.63, 3.8) is 0 Å². The van der Waals surface area contributed by atoms with Crippen molar-refractivity contribution < 1.29 is 14.0 Å². The molecule has 0 saturated heterocycles. The van der Waals surface area contributed by atoms with E-state index >= 15 is 0 Å². The van der Waals surface area contributed by atoms with Crippen LogP contribution >= 0.6 is 23.4 Å². The van der Waals surface area contributed by atoms with Gasteiger partial charge in [0.25, 0.3) is 0 Å². The molecule has 2 heterocycles. The van der Waals surface area contributed by atoms with Gasteiger partial charge in [0.05, 0.1) is 31.4 Å². The van der Waals surface area contributed by atoms with Gasteiger partial charge in [0.15, 0.2) is 11.1 Å². The van der Waals surface area contributed by atoms with Crippen LogP contribution < -0.4 is 16.0 Å². The Morgan fingerprint density at radius 1 is 1.12 bits per heavy atom. The van der Waals surface area contributed by atoms with Crippen molar-refractivity contribution in [1.29, 1.82) is 0 Å². The number of carbonyl (C=O) groups excluding carboxylic acids is 1. The summed E-state index contributed by atoms with van der Waals surface area (Å²) in [6, 6.07) is 16.5. The van der Waals surface area contributed by atoms with Crippen molar-refractivity contribution in [1.82, 2.24) is 10.3 Å². The molecule has 0 spiro atoms. The van der Waals surface area contributed by atoms with E-state index in [1.807, 2.05) is 12.1 Å². The third-order valence-corrected chi connectivity index (χ3v) is 6.77. The van der Waals surface area contributed by atoms with Crippen molar-refractivity contribution >= 4 is 46.1 Å². The fraction of sp³-hybridized carbons (Fsp3) is 0.292. The van der Waals surface area contributed by atoms with Crippen LogP contribution in [0.5, 0.6) is 0 Å². The Morgan fingerprint density at radius 3 is 2.56 bits per heavy atom. The van der Waals surface area contributed by atoms with E-state index in [9.17, 15) is 4.79 Å². The number of thiazole rings is 1. The lowest BCUT2D eigenvalue weighted by Crippen LogP contribution is -2.26. The number of guanidine groups is 1. The standard InChI is InChI=1S/C24H27N5O3S2/c1-16(30)27-24-29-21(22(33-24)15-18-5-10-20(11-6-18)34-32-31-2)12-7-17-3-8-19(9-4-17)28-23-25-13-14-26-23/h3-6,8-11H,7,12-15H2,1-2H3,(H2,25,26,28)(H,27,29,30). The fourth-order valence-electron chi connectivity index (χ4n) is 3.48. The maximum absolute atomic E-state index is 11.6. The first kappa shape index (κ1) is 24.2. The van der Waals surface area contributed by atoms with Crippen LogP contribution in [0.3, 0.4) is 0 Å². The van der Waals surface area contributed by atoms with Gasteiger partial charge >= 0.3 is 0 Å². The Morgan fingerprint density at radius 2 is 1.88 bits per heavy atom. The van der Waals surface area contributed by atoms with Crippen LogP contribution in [0.4, 0.5) is 10.8 Å². The molecule has 0 radical (unpaired) electrons. The van der Waals surface area contributed by atoms with Gasteiger partial charge in [-0.15, -0.1) is 11.3 Å². The van der Waals surface area contributed by atoms with Gasteiger partial charge in [0.2, 0.25) is 5.91 Å². The maximum Gasteiger partial charge on any atom is 0.223 e. The van der Waals surface area contributed by atoms with Gasteiger partial charge in [0, 0.05) is 35.3 Å². The van der Waals surface area contributed by atoms with E-state index in [1.165, 1.54) is 48.5 Å². The minimum Gasteiger partial charge on any atom is -0.354 e. The molecule has 3 N–H and O–H groups in total. The van der Waals surface area contributed by atoms with Crippen LogP contribution in [-0.2, 0) is 33.3 Å². The highest BCUT2D eigenvalue weighted by Gasteiger charge is 2.14.